The number of nitrogens with zero attached hydrogens (tertiary/aromatic N) is 1. The van der Waals surface area contributed by atoms with Crippen LogP contribution in [0, 0.1) is 10.1 Å². The van der Waals surface area contributed by atoms with Crippen molar-refractivity contribution >= 4 is 17.6 Å². The minimum absolute atomic E-state index is 0.0109. The Morgan fingerprint density at radius 1 is 1.11 bits per heavy atom. The molecule has 0 saturated heterocycles. The number of fused-ring (bicyclic) bond motifs is 1. The summed E-state index contributed by atoms with van der Waals surface area (Å²) in [5, 5.41) is 13.7. The van der Waals surface area contributed by atoms with Gasteiger partial charge in [-0.3, -0.25) is 14.9 Å². The first-order valence-corrected chi connectivity index (χ1v) is 8.52. The summed E-state index contributed by atoms with van der Waals surface area (Å²) < 4.78 is 15.6. The molecule has 0 aliphatic carbocycles. The van der Waals surface area contributed by atoms with Gasteiger partial charge in [0.1, 0.15) is 13.2 Å². The van der Waals surface area contributed by atoms with Gasteiger partial charge in [0, 0.05) is 24.2 Å². The number of hydrogen-bond acceptors (Lipinski definition) is 7. The van der Waals surface area contributed by atoms with Crippen LogP contribution < -0.4 is 14.8 Å². The summed E-state index contributed by atoms with van der Waals surface area (Å²) in [6.07, 6.45) is 0.529. The van der Waals surface area contributed by atoms with E-state index in [2.05, 4.69) is 10.1 Å². The summed E-state index contributed by atoms with van der Waals surface area (Å²) in [5.41, 5.74) is 0.532. The third-order valence-electron chi connectivity index (χ3n) is 4.12. The molecule has 0 spiro atoms. The molecule has 0 atom stereocenters. The molecule has 9 nitrogen and oxygen atoms in total. The number of carbonyl (C=O) groups is 2. The molecule has 28 heavy (non-hydrogen) atoms. The van der Waals surface area contributed by atoms with Crippen LogP contribution in [0.25, 0.3) is 0 Å². The van der Waals surface area contributed by atoms with Gasteiger partial charge in [-0.15, -0.1) is 0 Å². The van der Waals surface area contributed by atoms with Crippen molar-refractivity contribution in [1.82, 2.24) is 5.32 Å². The number of ether oxygens (including phenoxy) is 3. The zero-order valence-corrected chi connectivity index (χ0v) is 15.1. The number of carbonyl (C=O) groups excluding carboxylic acids is 2. The number of nitrogens with one attached hydrogen (secondary N) is 1. The lowest BCUT2D eigenvalue weighted by molar-refractivity contribution is -0.384. The van der Waals surface area contributed by atoms with Crippen LogP contribution in [0.1, 0.15) is 26.3 Å². The van der Waals surface area contributed by atoms with Gasteiger partial charge >= 0.3 is 5.97 Å². The largest absolute Gasteiger partial charge is 0.486 e. The quantitative estimate of drug-likeness (QED) is 0.459. The highest BCUT2D eigenvalue weighted by Gasteiger charge is 2.18. The number of rotatable bonds is 6. The van der Waals surface area contributed by atoms with Crippen molar-refractivity contribution in [3.8, 4) is 11.5 Å². The van der Waals surface area contributed by atoms with E-state index in [-0.39, 0.29) is 16.8 Å². The Morgan fingerprint density at radius 2 is 1.82 bits per heavy atom. The van der Waals surface area contributed by atoms with E-state index < -0.39 is 16.8 Å². The molecule has 3 rings (SSSR count). The molecule has 0 saturated carbocycles. The van der Waals surface area contributed by atoms with E-state index in [1.54, 1.807) is 0 Å². The highest BCUT2D eigenvalue weighted by atomic mass is 16.6. The highest BCUT2D eigenvalue weighted by molar-refractivity contribution is 5.98. The molecule has 1 N–H and O–H groups in total. The fourth-order valence-electron chi connectivity index (χ4n) is 2.75. The lowest BCUT2D eigenvalue weighted by Gasteiger charge is -2.18. The minimum atomic E-state index is -0.756. The van der Waals surface area contributed by atoms with Gasteiger partial charge in [-0.25, -0.2) is 4.79 Å². The Morgan fingerprint density at radius 3 is 2.54 bits per heavy atom. The van der Waals surface area contributed by atoms with E-state index >= 15 is 0 Å². The number of nitro groups is 1. The van der Waals surface area contributed by atoms with E-state index in [0.717, 1.165) is 24.8 Å². The Hall–Kier alpha value is -3.62. The van der Waals surface area contributed by atoms with Gasteiger partial charge in [-0.2, -0.15) is 0 Å². The van der Waals surface area contributed by atoms with Crippen LogP contribution in [0.15, 0.2) is 36.4 Å². The van der Waals surface area contributed by atoms with Crippen molar-refractivity contribution in [2.45, 2.75) is 6.42 Å². The van der Waals surface area contributed by atoms with Gasteiger partial charge in [0.15, 0.2) is 11.5 Å². The van der Waals surface area contributed by atoms with Crippen LogP contribution in [-0.4, -0.2) is 43.7 Å². The molecule has 2 aromatic rings. The number of benzene rings is 2. The molecule has 0 fully saturated rings. The number of esters is 1. The predicted octanol–water partition coefficient (Wildman–Crippen LogP) is 2.13. The van der Waals surface area contributed by atoms with Gasteiger partial charge in [0.25, 0.3) is 11.6 Å². The fraction of sp³-hybridized carbons (Fsp3) is 0.263. The number of methoxy groups -OCH3 is 1. The topological polar surface area (TPSA) is 117 Å². The van der Waals surface area contributed by atoms with Crippen LogP contribution in [0.3, 0.4) is 0 Å². The predicted molar refractivity (Wildman–Crippen MR) is 97.9 cm³/mol. The normalized spacial score (nSPS) is 12.2. The average molecular weight is 386 g/mol. The summed E-state index contributed by atoms with van der Waals surface area (Å²) in [6.45, 7) is 1.30. The van der Waals surface area contributed by atoms with Crippen LogP contribution >= 0.6 is 0 Å². The number of nitro benzene ring substituents is 1. The summed E-state index contributed by atoms with van der Waals surface area (Å²) in [6, 6.07) is 8.99. The van der Waals surface area contributed by atoms with E-state index in [0.29, 0.717) is 37.7 Å². The maximum Gasteiger partial charge on any atom is 0.338 e. The van der Waals surface area contributed by atoms with Crippen LogP contribution in [0.4, 0.5) is 5.69 Å². The van der Waals surface area contributed by atoms with Crippen molar-refractivity contribution in [2.75, 3.05) is 26.9 Å². The van der Waals surface area contributed by atoms with Crippen molar-refractivity contribution in [1.29, 1.82) is 0 Å². The second-order valence-corrected chi connectivity index (χ2v) is 6.00. The fourth-order valence-corrected chi connectivity index (χ4v) is 2.75. The Balaban J connectivity index is 1.67. The maximum atomic E-state index is 12.4. The lowest BCUT2D eigenvalue weighted by atomic mass is 10.1. The van der Waals surface area contributed by atoms with E-state index in [9.17, 15) is 19.7 Å². The standard InChI is InChI=1S/C19H18N2O7/c1-26-19(23)14-9-13(10-15(11-14)21(24)25)18(22)20-5-4-12-2-3-16-17(8-12)28-7-6-27-16/h2-3,8-11H,4-7H2,1H3,(H,20,22). The number of amides is 1. The monoisotopic (exact) mass is 386 g/mol. The maximum absolute atomic E-state index is 12.4. The Labute approximate surface area is 160 Å². The van der Waals surface area contributed by atoms with Gasteiger partial charge in [0.05, 0.1) is 17.6 Å². The summed E-state index contributed by atoms with van der Waals surface area (Å²) in [4.78, 5) is 34.4. The van der Waals surface area contributed by atoms with Crippen molar-refractivity contribution in [2.24, 2.45) is 0 Å². The van der Waals surface area contributed by atoms with Gasteiger partial charge in [0.2, 0.25) is 0 Å². The molecule has 1 heterocycles. The van der Waals surface area contributed by atoms with Crippen molar-refractivity contribution in [3.63, 3.8) is 0 Å². The van der Waals surface area contributed by atoms with Gasteiger partial charge in [-0.05, 0) is 30.2 Å². The third-order valence-corrected chi connectivity index (χ3v) is 4.12. The Bertz CT molecular complexity index is 926. The first kappa shape index (κ1) is 19.2. The highest BCUT2D eigenvalue weighted by Crippen LogP contribution is 2.30. The Kier molecular flexibility index (Phi) is 5.73. The number of hydrogen-bond donors (Lipinski definition) is 1. The van der Waals surface area contributed by atoms with Crippen LogP contribution in [0.2, 0.25) is 0 Å². The molecule has 1 aliphatic rings. The zero-order chi connectivity index (χ0) is 20.1. The molecule has 1 aliphatic heterocycles. The SMILES string of the molecule is COC(=O)c1cc(C(=O)NCCc2ccc3c(c2)OCCO3)cc([N+](=O)[O-])c1. The smallest absolute Gasteiger partial charge is 0.338 e. The molecule has 146 valence electrons. The molecule has 0 bridgehead atoms. The van der Waals surface area contributed by atoms with Crippen LogP contribution in [-0.2, 0) is 11.2 Å². The molecular formula is C19H18N2O7. The second-order valence-electron chi connectivity index (χ2n) is 6.00. The van der Waals surface area contributed by atoms with Crippen molar-refractivity contribution < 1.29 is 28.7 Å². The van der Waals surface area contributed by atoms with Gasteiger partial charge in [-0.1, -0.05) is 6.07 Å². The number of non-ortho nitro benzene ring substituents is 1. The molecule has 9 heteroatoms. The molecular weight excluding hydrogens is 368 g/mol. The van der Waals surface area contributed by atoms with Gasteiger partial charge < -0.3 is 19.5 Å². The average Bonchev–Trinajstić information content (AvgIpc) is 2.72. The van der Waals surface area contributed by atoms with Crippen LogP contribution in [0.5, 0.6) is 11.5 Å². The molecule has 0 aromatic heterocycles. The third kappa shape index (κ3) is 4.37. The molecule has 0 unspecified atom stereocenters. The van der Waals surface area contributed by atoms with E-state index in [4.69, 9.17) is 9.47 Å². The molecule has 2 aromatic carbocycles. The summed E-state index contributed by atoms with van der Waals surface area (Å²) in [7, 11) is 1.16. The lowest BCUT2D eigenvalue weighted by Crippen LogP contribution is -2.26. The molecule has 0 radical (unpaired) electrons. The first-order chi connectivity index (χ1) is 13.5. The minimum Gasteiger partial charge on any atom is -0.486 e. The summed E-state index contributed by atoms with van der Waals surface area (Å²) >= 11 is 0. The van der Waals surface area contributed by atoms with Crippen molar-refractivity contribution in [3.05, 3.63) is 63.2 Å². The second kappa shape index (κ2) is 8.38. The zero-order valence-electron chi connectivity index (χ0n) is 15.1. The molecule has 1 amide bonds. The van der Waals surface area contributed by atoms with E-state index in [1.165, 1.54) is 6.07 Å². The van der Waals surface area contributed by atoms with E-state index in [1.807, 2.05) is 18.2 Å². The summed E-state index contributed by atoms with van der Waals surface area (Å²) in [5.74, 6) is 0.0721. The first-order valence-electron chi connectivity index (χ1n) is 8.52.